The fourth-order valence-electron chi connectivity index (χ4n) is 2.48. The largest absolute Gasteiger partial charge is 0.306 e. The van der Waals surface area contributed by atoms with Crippen LogP contribution < -0.4 is 5.32 Å². The van der Waals surface area contributed by atoms with Gasteiger partial charge in [-0.2, -0.15) is 0 Å². The fraction of sp³-hybridized carbons (Fsp3) is 0.769. The first-order chi connectivity index (χ1) is 7.68. The molecule has 0 amide bonds. The van der Waals surface area contributed by atoms with Crippen LogP contribution in [0.4, 0.5) is 0 Å². The van der Waals surface area contributed by atoms with Crippen molar-refractivity contribution in [1.82, 2.24) is 10.3 Å². The molecular formula is C13H22N2S. The van der Waals surface area contributed by atoms with Gasteiger partial charge in [0.2, 0.25) is 0 Å². The van der Waals surface area contributed by atoms with Gasteiger partial charge in [-0.3, -0.25) is 0 Å². The zero-order valence-corrected chi connectivity index (χ0v) is 11.2. The van der Waals surface area contributed by atoms with Crippen LogP contribution in [-0.2, 0) is 6.54 Å². The van der Waals surface area contributed by atoms with Crippen molar-refractivity contribution in [2.75, 3.05) is 0 Å². The molecule has 0 unspecified atom stereocenters. The van der Waals surface area contributed by atoms with Crippen molar-refractivity contribution in [2.24, 2.45) is 0 Å². The van der Waals surface area contributed by atoms with Crippen LogP contribution >= 0.6 is 11.3 Å². The van der Waals surface area contributed by atoms with Crippen LogP contribution in [0.2, 0.25) is 0 Å². The van der Waals surface area contributed by atoms with E-state index in [1.54, 1.807) is 11.3 Å². The van der Waals surface area contributed by atoms with Crippen molar-refractivity contribution < 1.29 is 0 Å². The van der Waals surface area contributed by atoms with E-state index in [1.807, 2.05) is 0 Å². The number of thiazole rings is 1. The van der Waals surface area contributed by atoms with Crippen LogP contribution in [-0.4, -0.2) is 10.5 Å². The SMILES string of the molecule is Cc1nc(CNC2(C)CCCCCC2)cs1. The summed E-state index contributed by atoms with van der Waals surface area (Å²) in [7, 11) is 0. The third-order valence-electron chi connectivity index (χ3n) is 3.57. The Kier molecular flexibility index (Phi) is 3.98. The second-order valence-electron chi connectivity index (χ2n) is 5.19. The van der Waals surface area contributed by atoms with E-state index in [-0.39, 0.29) is 0 Å². The topological polar surface area (TPSA) is 24.9 Å². The van der Waals surface area contributed by atoms with E-state index in [1.165, 1.54) is 49.2 Å². The first-order valence-corrected chi connectivity index (χ1v) is 7.22. The van der Waals surface area contributed by atoms with Gasteiger partial charge in [-0.1, -0.05) is 25.7 Å². The lowest BCUT2D eigenvalue weighted by Gasteiger charge is -2.29. The molecule has 0 aliphatic heterocycles. The summed E-state index contributed by atoms with van der Waals surface area (Å²) >= 11 is 1.74. The van der Waals surface area contributed by atoms with Gasteiger partial charge in [-0.25, -0.2) is 4.98 Å². The van der Waals surface area contributed by atoms with Gasteiger partial charge in [0.05, 0.1) is 10.7 Å². The average Bonchev–Trinajstić information content (AvgIpc) is 2.54. The molecule has 2 nitrogen and oxygen atoms in total. The minimum absolute atomic E-state index is 0.341. The molecule has 1 saturated carbocycles. The molecule has 0 aromatic carbocycles. The highest BCUT2D eigenvalue weighted by Gasteiger charge is 2.24. The Hall–Kier alpha value is -0.410. The second kappa shape index (κ2) is 5.28. The molecule has 1 N–H and O–H groups in total. The van der Waals surface area contributed by atoms with Gasteiger partial charge in [0.1, 0.15) is 0 Å². The number of nitrogens with zero attached hydrogens (tertiary/aromatic N) is 1. The van der Waals surface area contributed by atoms with Gasteiger partial charge in [0, 0.05) is 17.5 Å². The Balaban J connectivity index is 1.87. The molecule has 0 saturated heterocycles. The van der Waals surface area contributed by atoms with E-state index in [9.17, 15) is 0 Å². The van der Waals surface area contributed by atoms with E-state index in [4.69, 9.17) is 0 Å². The van der Waals surface area contributed by atoms with Crippen LogP contribution in [0, 0.1) is 6.92 Å². The van der Waals surface area contributed by atoms with Gasteiger partial charge < -0.3 is 5.32 Å². The summed E-state index contributed by atoms with van der Waals surface area (Å²) in [5, 5.41) is 7.05. The van der Waals surface area contributed by atoms with E-state index in [0.717, 1.165) is 6.54 Å². The molecule has 1 fully saturated rings. The summed E-state index contributed by atoms with van der Waals surface area (Å²) in [5.74, 6) is 0. The van der Waals surface area contributed by atoms with E-state index >= 15 is 0 Å². The van der Waals surface area contributed by atoms with Gasteiger partial charge in [0.15, 0.2) is 0 Å². The lowest BCUT2D eigenvalue weighted by atomic mass is 9.92. The Morgan fingerprint density at radius 1 is 1.31 bits per heavy atom. The maximum Gasteiger partial charge on any atom is 0.0897 e. The highest BCUT2D eigenvalue weighted by Crippen LogP contribution is 2.26. The standard InChI is InChI=1S/C13H22N2S/c1-11-15-12(10-16-11)9-14-13(2)7-5-3-4-6-8-13/h10,14H,3-9H2,1-2H3. The molecule has 3 heteroatoms. The molecule has 1 heterocycles. The van der Waals surface area contributed by atoms with Gasteiger partial charge >= 0.3 is 0 Å². The van der Waals surface area contributed by atoms with Crippen LogP contribution in [0.1, 0.15) is 56.2 Å². The zero-order valence-electron chi connectivity index (χ0n) is 10.4. The minimum Gasteiger partial charge on any atom is -0.306 e. The Morgan fingerprint density at radius 3 is 2.56 bits per heavy atom. The predicted molar refractivity (Wildman–Crippen MR) is 69.8 cm³/mol. The molecule has 1 aromatic rings. The van der Waals surface area contributed by atoms with Gasteiger partial charge in [0.25, 0.3) is 0 Å². The molecule has 1 aromatic heterocycles. The third-order valence-corrected chi connectivity index (χ3v) is 4.39. The normalized spacial score (nSPS) is 20.6. The van der Waals surface area contributed by atoms with Crippen molar-refractivity contribution >= 4 is 11.3 Å². The first kappa shape index (κ1) is 12.1. The van der Waals surface area contributed by atoms with Crippen LogP contribution in [0.3, 0.4) is 0 Å². The maximum atomic E-state index is 4.51. The highest BCUT2D eigenvalue weighted by molar-refractivity contribution is 7.09. The molecular weight excluding hydrogens is 216 g/mol. The van der Waals surface area contributed by atoms with E-state index < -0.39 is 0 Å². The molecule has 16 heavy (non-hydrogen) atoms. The Morgan fingerprint density at radius 2 is 2.00 bits per heavy atom. The van der Waals surface area contributed by atoms with Gasteiger partial charge in [-0.15, -0.1) is 11.3 Å². The lowest BCUT2D eigenvalue weighted by Crippen LogP contribution is -2.41. The first-order valence-electron chi connectivity index (χ1n) is 6.34. The number of rotatable bonds is 3. The summed E-state index contributed by atoms with van der Waals surface area (Å²) in [6.07, 6.45) is 8.20. The molecule has 90 valence electrons. The fourth-order valence-corrected chi connectivity index (χ4v) is 3.09. The quantitative estimate of drug-likeness (QED) is 0.813. The smallest absolute Gasteiger partial charge is 0.0897 e. The molecule has 2 rings (SSSR count). The van der Waals surface area contributed by atoms with E-state index in [0.29, 0.717) is 5.54 Å². The Bertz CT molecular complexity index is 324. The van der Waals surface area contributed by atoms with Crippen molar-refractivity contribution in [3.63, 3.8) is 0 Å². The molecule has 1 aliphatic carbocycles. The predicted octanol–water partition coefficient (Wildman–Crippen LogP) is 3.65. The summed E-state index contributed by atoms with van der Waals surface area (Å²) < 4.78 is 0. The number of hydrogen-bond acceptors (Lipinski definition) is 3. The highest BCUT2D eigenvalue weighted by atomic mass is 32.1. The van der Waals surface area contributed by atoms with Crippen LogP contribution in [0.5, 0.6) is 0 Å². The average molecular weight is 238 g/mol. The van der Waals surface area contributed by atoms with Gasteiger partial charge in [-0.05, 0) is 26.7 Å². The summed E-state index contributed by atoms with van der Waals surface area (Å²) in [5.41, 5.74) is 1.54. The van der Waals surface area contributed by atoms with E-state index in [2.05, 4.69) is 29.5 Å². The van der Waals surface area contributed by atoms with Crippen molar-refractivity contribution in [3.8, 4) is 0 Å². The molecule has 1 aliphatic rings. The summed E-state index contributed by atoms with van der Waals surface area (Å²) in [6.45, 7) is 5.37. The zero-order chi connectivity index (χ0) is 11.4. The lowest BCUT2D eigenvalue weighted by molar-refractivity contribution is 0.309. The number of aromatic nitrogens is 1. The van der Waals surface area contributed by atoms with Crippen LogP contribution in [0.25, 0.3) is 0 Å². The van der Waals surface area contributed by atoms with Crippen molar-refractivity contribution in [3.05, 3.63) is 16.1 Å². The minimum atomic E-state index is 0.341. The third kappa shape index (κ3) is 3.29. The van der Waals surface area contributed by atoms with Crippen molar-refractivity contribution in [1.29, 1.82) is 0 Å². The maximum absolute atomic E-state index is 4.51. The Labute approximate surface area is 102 Å². The molecule has 0 radical (unpaired) electrons. The molecule has 0 atom stereocenters. The number of hydrogen-bond donors (Lipinski definition) is 1. The van der Waals surface area contributed by atoms with Crippen LogP contribution in [0.15, 0.2) is 5.38 Å². The molecule has 0 bridgehead atoms. The summed E-state index contributed by atoms with van der Waals surface area (Å²) in [4.78, 5) is 4.51. The number of aryl methyl sites for hydroxylation is 1. The monoisotopic (exact) mass is 238 g/mol. The number of nitrogens with one attached hydrogen (secondary N) is 1. The molecule has 0 spiro atoms. The second-order valence-corrected chi connectivity index (χ2v) is 6.25. The summed E-state index contributed by atoms with van der Waals surface area (Å²) in [6, 6.07) is 0. The van der Waals surface area contributed by atoms with Crippen molar-refractivity contribution in [2.45, 2.75) is 64.5 Å².